The van der Waals surface area contributed by atoms with E-state index >= 15 is 0 Å². The van der Waals surface area contributed by atoms with Crippen molar-refractivity contribution in [2.45, 2.75) is 0 Å². The molecule has 0 saturated heterocycles. The maximum Gasteiger partial charge on any atom is 0.230 e. The highest BCUT2D eigenvalue weighted by Crippen LogP contribution is 2.18. The lowest BCUT2D eigenvalue weighted by Gasteiger charge is -2.02. The van der Waals surface area contributed by atoms with Crippen LogP contribution in [0.1, 0.15) is 16.2 Å². The van der Waals surface area contributed by atoms with E-state index in [9.17, 15) is 4.79 Å². The van der Waals surface area contributed by atoms with Gasteiger partial charge in [-0.05, 0) is 15.9 Å². The summed E-state index contributed by atoms with van der Waals surface area (Å²) in [6, 6.07) is 0. The first-order chi connectivity index (χ1) is 7.11. The van der Waals surface area contributed by atoms with Gasteiger partial charge in [0.1, 0.15) is 11.4 Å². The average molecular weight is 269 g/mol. The zero-order valence-corrected chi connectivity index (χ0v) is 9.89. The number of aryl methyl sites for hydroxylation is 2. The Hall–Kier alpha value is -1.43. The fraction of sp³-hybridized carbons (Fsp3) is 0.222. The normalized spacial score (nSPS) is 10.6. The molecule has 5 nitrogen and oxygen atoms in total. The maximum atomic E-state index is 12.1. The Morgan fingerprint density at radius 2 is 2.13 bits per heavy atom. The SMILES string of the molecule is Cn1cncc1C(=O)c1c(Br)cnn1C. The second-order valence-electron chi connectivity index (χ2n) is 3.18. The molecule has 0 atom stereocenters. The summed E-state index contributed by atoms with van der Waals surface area (Å²) in [4.78, 5) is 16.0. The zero-order chi connectivity index (χ0) is 11.0. The van der Waals surface area contributed by atoms with E-state index in [0.717, 1.165) is 0 Å². The van der Waals surface area contributed by atoms with Crippen LogP contribution in [0.4, 0.5) is 0 Å². The maximum absolute atomic E-state index is 12.1. The molecule has 2 rings (SSSR count). The summed E-state index contributed by atoms with van der Waals surface area (Å²) in [5.74, 6) is -0.0955. The third kappa shape index (κ3) is 1.61. The zero-order valence-electron chi connectivity index (χ0n) is 8.31. The summed E-state index contributed by atoms with van der Waals surface area (Å²) >= 11 is 3.29. The van der Waals surface area contributed by atoms with E-state index in [4.69, 9.17) is 0 Å². The van der Waals surface area contributed by atoms with Gasteiger partial charge in [0.25, 0.3) is 0 Å². The fourth-order valence-corrected chi connectivity index (χ4v) is 1.89. The van der Waals surface area contributed by atoms with Crippen LogP contribution in [0.2, 0.25) is 0 Å². The van der Waals surface area contributed by atoms with Crippen molar-refractivity contribution in [3.63, 3.8) is 0 Å². The van der Waals surface area contributed by atoms with Gasteiger partial charge in [-0.25, -0.2) is 4.98 Å². The van der Waals surface area contributed by atoms with Crippen molar-refractivity contribution in [3.05, 3.63) is 34.6 Å². The van der Waals surface area contributed by atoms with E-state index in [0.29, 0.717) is 15.9 Å². The molecule has 0 spiro atoms. The molecule has 0 saturated carbocycles. The van der Waals surface area contributed by atoms with Gasteiger partial charge in [0.15, 0.2) is 0 Å². The Balaban J connectivity index is 2.50. The number of nitrogens with zero attached hydrogens (tertiary/aromatic N) is 4. The third-order valence-electron chi connectivity index (χ3n) is 2.16. The molecule has 0 N–H and O–H groups in total. The van der Waals surface area contributed by atoms with E-state index in [1.54, 1.807) is 42.1 Å². The lowest BCUT2D eigenvalue weighted by Crippen LogP contribution is -2.12. The highest BCUT2D eigenvalue weighted by molar-refractivity contribution is 9.10. The van der Waals surface area contributed by atoms with Crippen LogP contribution < -0.4 is 0 Å². The number of halogens is 1. The van der Waals surface area contributed by atoms with E-state index in [-0.39, 0.29) is 5.78 Å². The molecule has 0 fully saturated rings. The molecule has 0 aliphatic heterocycles. The Labute approximate surface area is 94.9 Å². The van der Waals surface area contributed by atoms with Crippen molar-refractivity contribution in [2.24, 2.45) is 14.1 Å². The highest BCUT2D eigenvalue weighted by Gasteiger charge is 2.19. The molecule has 15 heavy (non-hydrogen) atoms. The first kappa shape index (κ1) is 10.1. The van der Waals surface area contributed by atoms with Crippen LogP contribution in [0, 0.1) is 0 Å². The van der Waals surface area contributed by atoms with Crippen molar-refractivity contribution in [3.8, 4) is 0 Å². The Kier molecular flexibility index (Phi) is 2.44. The summed E-state index contributed by atoms with van der Waals surface area (Å²) in [5, 5.41) is 4.00. The molecule has 2 aromatic rings. The standard InChI is InChI=1S/C9H9BrN4O/c1-13-5-11-4-7(13)9(15)8-6(10)3-12-14(8)2/h3-5H,1-2H3. The predicted octanol–water partition coefficient (Wildman–Crippen LogP) is 1.15. The molecule has 2 heterocycles. The summed E-state index contributed by atoms with van der Waals surface area (Å²) in [6.07, 6.45) is 4.74. The van der Waals surface area contributed by atoms with Gasteiger partial charge in [-0.15, -0.1) is 0 Å². The Bertz CT molecular complexity index is 494. The van der Waals surface area contributed by atoms with Gasteiger partial charge >= 0.3 is 0 Å². The lowest BCUT2D eigenvalue weighted by molar-refractivity contribution is 0.102. The molecule has 0 unspecified atom stereocenters. The minimum Gasteiger partial charge on any atom is -0.331 e. The Morgan fingerprint density at radius 3 is 2.60 bits per heavy atom. The monoisotopic (exact) mass is 268 g/mol. The number of aromatic nitrogens is 4. The molecule has 0 aliphatic carbocycles. The molecule has 0 aromatic carbocycles. The van der Waals surface area contributed by atoms with E-state index in [2.05, 4.69) is 26.0 Å². The first-order valence-corrected chi connectivity index (χ1v) is 5.09. The molecule has 0 radical (unpaired) electrons. The molecule has 0 bridgehead atoms. The molecule has 0 aliphatic rings. The number of hydrogen-bond donors (Lipinski definition) is 0. The number of ketones is 1. The average Bonchev–Trinajstić information content (AvgIpc) is 2.73. The third-order valence-corrected chi connectivity index (χ3v) is 2.74. The van der Waals surface area contributed by atoms with Crippen LogP contribution in [0.3, 0.4) is 0 Å². The van der Waals surface area contributed by atoms with Gasteiger partial charge in [0.2, 0.25) is 5.78 Å². The minimum atomic E-state index is -0.0955. The van der Waals surface area contributed by atoms with Crippen LogP contribution in [0.15, 0.2) is 23.2 Å². The smallest absolute Gasteiger partial charge is 0.230 e. The van der Waals surface area contributed by atoms with Gasteiger partial charge in [-0.3, -0.25) is 9.48 Å². The Morgan fingerprint density at radius 1 is 1.40 bits per heavy atom. The van der Waals surface area contributed by atoms with Crippen LogP contribution in [-0.4, -0.2) is 25.1 Å². The number of hydrogen-bond acceptors (Lipinski definition) is 3. The molecular weight excluding hydrogens is 260 g/mol. The van der Waals surface area contributed by atoms with Crippen molar-refractivity contribution in [2.75, 3.05) is 0 Å². The predicted molar refractivity (Wildman–Crippen MR) is 57.5 cm³/mol. The highest BCUT2D eigenvalue weighted by atomic mass is 79.9. The van der Waals surface area contributed by atoms with Crippen LogP contribution in [0.5, 0.6) is 0 Å². The fourth-order valence-electron chi connectivity index (χ4n) is 1.36. The topological polar surface area (TPSA) is 52.7 Å². The van der Waals surface area contributed by atoms with Gasteiger partial charge in [0, 0.05) is 14.1 Å². The van der Waals surface area contributed by atoms with E-state index < -0.39 is 0 Å². The van der Waals surface area contributed by atoms with Crippen molar-refractivity contribution in [1.29, 1.82) is 0 Å². The lowest BCUT2D eigenvalue weighted by atomic mass is 10.2. The van der Waals surface area contributed by atoms with Gasteiger partial charge in [-0.2, -0.15) is 5.10 Å². The van der Waals surface area contributed by atoms with E-state index in [1.165, 1.54) is 0 Å². The first-order valence-electron chi connectivity index (χ1n) is 4.29. The quantitative estimate of drug-likeness (QED) is 0.768. The number of rotatable bonds is 2. The molecule has 78 valence electrons. The van der Waals surface area contributed by atoms with Crippen molar-refractivity contribution in [1.82, 2.24) is 19.3 Å². The van der Waals surface area contributed by atoms with E-state index in [1.807, 2.05) is 0 Å². The molecule has 6 heteroatoms. The molecule has 2 aromatic heterocycles. The molecular formula is C9H9BrN4O. The largest absolute Gasteiger partial charge is 0.331 e. The number of carbonyl (C=O) groups excluding carboxylic acids is 1. The van der Waals surface area contributed by atoms with Crippen molar-refractivity contribution < 1.29 is 4.79 Å². The van der Waals surface area contributed by atoms with Crippen LogP contribution in [-0.2, 0) is 14.1 Å². The van der Waals surface area contributed by atoms with Gasteiger partial charge < -0.3 is 4.57 Å². The van der Waals surface area contributed by atoms with Gasteiger partial charge in [0.05, 0.1) is 23.2 Å². The molecule has 0 amide bonds. The number of imidazole rings is 1. The summed E-state index contributed by atoms with van der Waals surface area (Å²) in [6.45, 7) is 0. The summed E-state index contributed by atoms with van der Waals surface area (Å²) < 4.78 is 3.91. The summed E-state index contributed by atoms with van der Waals surface area (Å²) in [7, 11) is 3.51. The van der Waals surface area contributed by atoms with Gasteiger partial charge in [-0.1, -0.05) is 0 Å². The second-order valence-corrected chi connectivity index (χ2v) is 4.04. The van der Waals surface area contributed by atoms with Crippen LogP contribution in [0.25, 0.3) is 0 Å². The van der Waals surface area contributed by atoms with Crippen molar-refractivity contribution >= 4 is 21.7 Å². The summed E-state index contributed by atoms with van der Waals surface area (Å²) in [5.41, 5.74) is 1.07. The van der Waals surface area contributed by atoms with Crippen LogP contribution >= 0.6 is 15.9 Å². The number of carbonyl (C=O) groups is 1. The second kappa shape index (κ2) is 3.62. The minimum absolute atomic E-state index is 0.0955.